The van der Waals surface area contributed by atoms with Gasteiger partial charge in [0.15, 0.2) is 0 Å². The van der Waals surface area contributed by atoms with Crippen molar-refractivity contribution in [3.05, 3.63) is 30.2 Å². The molecule has 1 saturated heterocycles. The highest BCUT2D eigenvalue weighted by Crippen LogP contribution is 2.39. The van der Waals surface area contributed by atoms with Crippen LogP contribution in [-0.4, -0.2) is 27.5 Å². The van der Waals surface area contributed by atoms with Crippen LogP contribution in [0.4, 0.5) is 4.39 Å². The van der Waals surface area contributed by atoms with Crippen LogP contribution in [0.5, 0.6) is 0 Å². The second-order valence-electron chi connectivity index (χ2n) is 7.46. The number of hydrogen-bond donors (Lipinski definition) is 0. The number of aromatic nitrogens is 1. The van der Waals surface area contributed by atoms with Crippen LogP contribution < -0.4 is 5.46 Å². The zero-order valence-electron chi connectivity index (χ0n) is 13.9. The van der Waals surface area contributed by atoms with Crippen LogP contribution in [0.1, 0.15) is 40.5 Å². The SMILES string of the molecule is CC1(C)OB(c2cc(F)cc3c2ccn3SC2CC2)OC1(C)C. The topological polar surface area (TPSA) is 23.4 Å². The summed E-state index contributed by atoms with van der Waals surface area (Å²) in [5.41, 5.74) is 0.809. The molecule has 2 aliphatic rings. The summed E-state index contributed by atoms with van der Waals surface area (Å²) in [6.07, 6.45) is 4.50. The Balaban J connectivity index is 1.77. The van der Waals surface area contributed by atoms with Crippen LogP contribution in [0.25, 0.3) is 10.9 Å². The molecule has 2 aromatic rings. The Morgan fingerprint density at radius 3 is 2.43 bits per heavy atom. The van der Waals surface area contributed by atoms with E-state index in [9.17, 15) is 4.39 Å². The minimum absolute atomic E-state index is 0.251. The molecular formula is C17H21BFNO2S. The molecule has 1 aromatic carbocycles. The third-order valence-electron chi connectivity index (χ3n) is 5.06. The Morgan fingerprint density at radius 1 is 1.17 bits per heavy atom. The van der Waals surface area contributed by atoms with Gasteiger partial charge in [-0.1, -0.05) is 0 Å². The standard InChI is InChI=1S/C17H21BFNO2S/c1-16(2)17(3,4)22-18(21-16)14-9-11(19)10-15-13(14)7-8-20(15)23-12-5-6-12/h7-10,12H,5-6H2,1-4H3. The average molecular weight is 333 g/mol. The third-order valence-corrected chi connectivity index (χ3v) is 6.38. The van der Waals surface area contributed by atoms with Crippen LogP contribution in [0.2, 0.25) is 0 Å². The highest BCUT2D eigenvalue weighted by atomic mass is 32.2. The van der Waals surface area contributed by atoms with Crippen LogP contribution in [-0.2, 0) is 9.31 Å². The van der Waals surface area contributed by atoms with Gasteiger partial charge in [0.25, 0.3) is 0 Å². The summed E-state index contributed by atoms with van der Waals surface area (Å²) in [5, 5.41) is 1.66. The van der Waals surface area contributed by atoms with Gasteiger partial charge < -0.3 is 9.31 Å². The number of fused-ring (bicyclic) bond motifs is 1. The number of halogens is 1. The summed E-state index contributed by atoms with van der Waals surface area (Å²) in [5.74, 6) is -0.251. The lowest BCUT2D eigenvalue weighted by Crippen LogP contribution is -2.41. The van der Waals surface area contributed by atoms with E-state index in [4.69, 9.17) is 9.31 Å². The Labute approximate surface area is 140 Å². The molecule has 1 saturated carbocycles. The van der Waals surface area contributed by atoms with E-state index in [1.165, 1.54) is 18.9 Å². The maximum absolute atomic E-state index is 14.2. The Kier molecular flexibility index (Phi) is 3.39. The van der Waals surface area contributed by atoms with Crippen molar-refractivity contribution in [3.63, 3.8) is 0 Å². The first kappa shape index (κ1) is 15.5. The summed E-state index contributed by atoms with van der Waals surface area (Å²) in [6.45, 7) is 8.05. The second kappa shape index (κ2) is 5.01. The Bertz CT molecular complexity index is 753. The van der Waals surface area contributed by atoms with Gasteiger partial charge in [0.05, 0.1) is 16.7 Å². The van der Waals surface area contributed by atoms with Gasteiger partial charge in [-0.3, -0.25) is 3.97 Å². The van der Waals surface area contributed by atoms with Gasteiger partial charge in [0.1, 0.15) is 5.82 Å². The predicted molar refractivity (Wildman–Crippen MR) is 93.6 cm³/mol. The van der Waals surface area contributed by atoms with E-state index in [2.05, 4.69) is 3.97 Å². The highest BCUT2D eigenvalue weighted by Gasteiger charge is 2.52. The zero-order valence-corrected chi connectivity index (χ0v) is 14.7. The molecule has 23 heavy (non-hydrogen) atoms. The average Bonchev–Trinajstić information content (AvgIpc) is 3.12. The van der Waals surface area contributed by atoms with Crippen molar-refractivity contribution in [2.24, 2.45) is 0 Å². The van der Waals surface area contributed by atoms with E-state index in [0.717, 1.165) is 16.4 Å². The predicted octanol–water partition coefficient (Wildman–Crippen LogP) is 3.74. The van der Waals surface area contributed by atoms with Gasteiger partial charge in [-0.15, -0.1) is 0 Å². The fourth-order valence-electron chi connectivity index (χ4n) is 2.80. The molecule has 2 fully saturated rings. The second-order valence-corrected chi connectivity index (χ2v) is 8.73. The molecule has 0 radical (unpaired) electrons. The van der Waals surface area contributed by atoms with Crippen molar-refractivity contribution in [1.29, 1.82) is 0 Å². The Hall–Kier alpha value is -0.975. The zero-order chi connectivity index (χ0) is 16.4. The van der Waals surface area contributed by atoms with E-state index in [1.54, 1.807) is 18.0 Å². The van der Waals surface area contributed by atoms with Crippen molar-refractivity contribution >= 4 is 35.4 Å². The van der Waals surface area contributed by atoms with Crippen molar-refractivity contribution < 1.29 is 13.7 Å². The molecule has 3 nitrogen and oxygen atoms in total. The minimum Gasteiger partial charge on any atom is -0.399 e. The van der Waals surface area contributed by atoms with Gasteiger partial charge in [-0.25, -0.2) is 4.39 Å². The van der Waals surface area contributed by atoms with Gasteiger partial charge in [-0.2, -0.15) is 0 Å². The molecule has 0 N–H and O–H groups in total. The molecule has 1 aromatic heterocycles. The van der Waals surface area contributed by atoms with Crippen molar-refractivity contribution in [1.82, 2.24) is 3.97 Å². The largest absolute Gasteiger partial charge is 0.495 e. The molecule has 122 valence electrons. The molecule has 0 bridgehead atoms. The van der Waals surface area contributed by atoms with E-state index < -0.39 is 18.3 Å². The van der Waals surface area contributed by atoms with E-state index >= 15 is 0 Å². The summed E-state index contributed by atoms with van der Waals surface area (Å²) < 4.78 is 28.5. The van der Waals surface area contributed by atoms with Gasteiger partial charge in [0, 0.05) is 16.8 Å². The van der Waals surface area contributed by atoms with Crippen LogP contribution >= 0.6 is 11.9 Å². The molecular weight excluding hydrogens is 312 g/mol. The smallest absolute Gasteiger partial charge is 0.399 e. The lowest BCUT2D eigenvalue weighted by molar-refractivity contribution is 0.00578. The third kappa shape index (κ3) is 2.61. The number of rotatable bonds is 3. The van der Waals surface area contributed by atoms with Crippen LogP contribution in [0.15, 0.2) is 24.4 Å². The summed E-state index contributed by atoms with van der Waals surface area (Å²) in [4.78, 5) is 0. The molecule has 1 aliphatic carbocycles. The minimum atomic E-state index is -0.542. The molecule has 0 unspecified atom stereocenters. The van der Waals surface area contributed by atoms with Gasteiger partial charge in [0.2, 0.25) is 0 Å². The number of benzene rings is 1. The molecule has 0 amide bonds. The molecule has 6 heteroatoms. The summed E-state index contributed by atoms with van der Waals surface area (Å²) >= 11 is 1.77. The van der Waals surface area contributed by atoms with E-state index in [1.807, 2.05) is 40.0 Å². The molecule has 2 heterocycles. The first-order valence-corrected chi connectivity index (χ1v) is 8.94. The molecule has 0 atom stereocenters. The first-order chi connectivity index (χ1) is 10.8. The Morgan fingerprint density at radius 2 is 1.83 bits per heavy atom. The molecule has 4 rings (SSSR count). The van der Waals surface area contributed by atoms with Crippen molar-refractivity contribution in [2.75, 3.05) is 0 Å². The monoisotopic (exact) mass is 333 g/mol. The number of hydrogen-bond acceptors (Lipinski definition) is 3. The number of nitrogens with zero attached hydrogens (tertiary/aromatic N) is 1. The maximum atomic E-state index is 14.2. The quantitative estimate of drug-likeness (QED) is 0.800. The van der Waals surface area contributed by atoms with Crippen LogP contribution in [0, 0.1) is 5.82 Å². The van der Waals surface area contributed by atoms with Crippen molar-refractivity contribution in [3.8, 4) is 0 Å². The lowest BCUT2D eigenvalue weighted by atomic mass is 9.77. The van der Waals surface area contributed by atoms with Crippen molar-refractivity contribution in [2.45, 2.75) is 57.0 Å². The first-order valence-electron chi connectivity index (χ1n) is 8.10. The lowest BCUT2D eigenvalue weighted by Gasteiger charge is -2.32. The van der Waals surface area contributed by atoms with E-state index in [-0.39, 0.29) is 5.82 Å². The highest BCUT2D eigenvalue weighted by molar-refractivity contribution is 7.98. The fourth-order valence-corrected chi connectivity index (χ4v) is 3.87. The summed E-state index contributed by atoms with van der Waals surface area (Å²) in [6, 6.07) is 5.17. The van der Waals surface area contributed by atoms with E-state index in [0.29, 0.717) is 5.25 Å². The summed E-state index contributed by atoms with van der Waals surface area (Å²) in [7, 11) is -0.542. The van der Waals surface area contributed by atoms with Crippen LogP contribution in [0.3, 0.4) is 0 Å². The van der Waals surface area contributed by atoms with Gasteiger partial charge >= 0.3 is 7.12 Å². The normalized spacial score (nSPS) is 22.9. The fraction of sp³-hybridized carbons (Fsp3) is 0.529. The maximum Gasteiger partial charge on any atom is 0.495 e. The van der Waals surface area contributed by atoms with Gasteiger partial charge in [-0.05, 0) is 76.1 Å². The molecule has 1 aliphatic heterocycles. The molecule has 0 spiro atoms.